The Morgan fingerprint density at radius 1 is 1.06 bits per heavy atom. The summed E-state index contributed by atoms with van der Waals surface area (Å²) in [6.45, 7) is 2.85. The molecule has 1 aliphatic carbocycles. The number of carbonyl (C=O) groups is 2. The number of benzene rings is 2. The Morgan fingerprint density at radius 2 is 1.82 bits per heavy atom. The zero-order valence-electron chi connectivity index (χ0n) is 18.3. The van der Waals surface area contributed by atoms with E-state index in [0.717, 1.165) is 37.5 Å². The highest BCUT2D eigenvalue weighted by Crippen LogP contribution is 2.37. The van der Waals surface area contributed by atoms with Crippen LogP contribution in [0.25, 0.3) is 11.1 Å². The molecule has 2 aromatic carbocycles. The number of ether oxygens (including phenoxy) is 1. The first-order chi connectivity index (χ1) is 15.7. The third-order valence-corrected chi connectivity index (χ3v) is 6.56. The standard InChI is InChI=1S/C25H27F3N2O3/c26-25(27,28)24(32)33-22-20(7-4-8-21(22)23(29)31)18-9-10-19-15-30(12-11-17(19)13-18)14-16-5-2-1-3-6-16/h4,7-10,13,16H,1-3,5-6,11-12,14-15H2,(H2,29,31). The molecule has 2 aliphatic rings. The van der Waals surface area contributed by atoms with Gasteiger partial charge in [0.15, 0.2) is 5.75 Å². The second kappa shape index (κ2) is 9.55. The molecule has 1 heterocycles. The van der Waals surface area contributed by atoms with E-state index < -0.39 is 23.8 Å². The number of hydrogen-bond acceptors (Lipinski definition) is 4. The van der Waals surface area contributed by atoms with Crippen molar-refractivity contribution in [3.8, 4) is 16.9 Å². The maximum Gasteiger partial charge on any atom is 0.491 e. The molecule has 176 valence electrons. The van der Waals surface area contributed by atoms with Gasteiger partial charge in [-0.05, 0) is 47.9 Å². The first-order valence-corrected chi connectivity index (χ1v) is 11.3. The van der Waals surface area contributed by atoms with Crippen molar-refractivity contribution in [2.24, 2.45) is 11.7 Å². The third kappa shape index (κ3) is 5.38. The molecule has 2 aromatic rings. The molecule has 2 N–H and O–H groups in total. The quantitative estimate of drug-likeness (QED) is 0.511. The van der Waals surface area contributed by atoms with Crippen LogP contribution in [0.2, 0.25) is 0 Å². The van der Waals surface area contributed by atoms with Crippen molar-refractivity contribution in [3.05, 3.63) is 53.1 Å². The van der Waals surface area contributed by atoms with Gasteiger partial charge in [0.05, 0.1) is 5.56 Å². The molecule has 0 bridgehead atoms. The molecule has 1 aliphatic heterocycles. The molecule has 0 unspecified atom stereocenters. The van der Waals surface area contributed by atoms with Crippen LogP contribution >= 0.6 is 0 Å². The van der Waals surface area contributed by atoms with E-state index in [1.807, 2.05) is 12.1 Å². The smallest absolute Gasteiger partial charge is 0.418 e. The number of halogens is 3. The minimum atomic E-state index is -5.19. The number of carbonyl (C=O) groups excluding carboxylic acids is 2. The number of fused-ring (bicyclic) bond motifs is 1. The van der Waals surface area contributed by atoms with Crippen molar-refractivity contribution >= 4 is 11.9 Å². The van der Waals surface area contributed by atoms with Crippen LogP contribution < -0.4 is 10.5 Å². The number of para-hydroxylation sites is 1. The zero-order valence-corrected chi connectivity index (χ0v) is 18.3. The Bertz CT molecular complexity index is 1050. The lowest BCUT2D eigenvalue weighted by Crippen LogP contribution is -2.35. The molecule has 0 spiro atoms. The molecule has 5 nitrogen and oxygen atoms in total. The summed E-state index contributed by atoms with van der Waals surface area (Å²) in [4.78, 5) is 25.8. The van der Waals surface area contributed by atoms with Crippen LogP contribution in [-0.4, -0.2) is 36.0 Å². The van der Waals surface area contributed by atoms with E-state index in [1.165, 1.54) is 55.9 Å². The second-order valence-electron chi connectivity index (χ2n) is 8.91. The van der Waals surface area contributed by atoms with Gasteiger partial charge in [0.2, 0.25) is 0 Å². The van der Waals surface area contributed by atoms with Gasteiger partial charge in [-0.1, -0.05) is 49.6 Å². The number of rotatable bonds is 5. The molecule has 1 fully saturated rings. The van der Waals surface area contributed by atoms with Gasteiger partial charge in [0.1, 0.15) is 0 Å². The number of alkyl halides is 3. The molecule has 8 heteroatoms. The topological polar surface area (TPSA) is 72.6 Å². The Labute approximate surface area is 190 Å². The first kappa shape index (κ1) is 23.3. The van der Waals surface area contributed by atoms with Crippen molar-refractivity contribution < 1.29 is 27.5 Å². The first-order valence-electron chi connectivity index (χ1n) is 11.3. The van der Waals surface area contributed by atoms with Gasteiger partial charge in [-0.3, -0.25) is 9.69 Å². The van der Waals surface area contributed by atoms with E-state index in [9.17, 15) is 22.8 Å². The van der Waals surface area contributed by atoms with Crippen molar-refractivity contribution in [2.75, 3.05) is 13.1 Å². The van der Waals surface area contributed by atoms with Crippen molar-refractivity contribution in [2.45, 2.75) is 51.2 Å². The highest BCUT2D eigenvalue weighted by atomic mass is 19.4. The Hall–Kier alpha value is -2.87. The van der Waals surface area contributed by atoms with E-state index in [1.54, 1.807) is 6.07 Å². The van der Waals surface area contributed by atoms with Crippen LogP contribution in [0.1, 0.15) is 53.6 Å². The summed E-state index contributed by atoms with van der Waals surface area (Å²) in [6.07, 6.45) is 2.16. The minimum absolute atomic E-state index is 0.219. The lowest BCUT2D eigenvalue weighted by Gasteiger charge is -2.33. The van der Waals surface area contributed by atoms with Crippen molar-refractivity contribution in [1.29, 1.82) is 0 Å². The largest absolute Gasteiger partial charge is 0.491 e. The van der Waals surface area contributed by atoms with Gasteiger partial charge < -0.3 is 10.5 Å². The van der Waals surface area contributed by atoms with Crippen molar-refractivity contribution in [3.63, 3.8) is 0 Å². The summed E-state index contributed by atoms with van der Waals surface area (Å²) >= 11 is 0. The van der Waals surface area contributed by atoms with Crippen LogP contribution in [0.5, 0.6) is 5.75 Å². The number of nitrogens with two attached hydrogens (primary N) is 1. The molecule has 0 saturated heterocycles. The fraction of sp³-hybridized carbons (Fsp3) is 0.440. The minimum Gasteiger partial charge on any atom is -0.418 e. The predicted octanol–water partition coefficient (Wildman–Crippen LogP) is 4.86. The fourth-order valence-electron chi connectivity index (χ4n) is 4.89. The summed E-state index contributed by atoms with van der Waals surface area (Å²) in [5, 5.41) is 0. The van der Waals surface area contributed by atoms with E-state index in [4.69, 9.17) is 5.73 Å². The number of hydrogen-bond donors (Lipinski definition) is 1. The van der Waals surface area contributed by atoms with Crippen LogP contribution in [0, 0.1) is 5.92 Å². The maximum atomic E-state index is 12.8. The van der Waals surface area contributed by atoms with Gasteiger partial charge in [-0.25, -0.2) is 4.79 Å². The summed E-state index contributed by atoms with van der Waals surface area (Å²) < 4.78 is 43.1. The van der Waals surface area contributed by atoms with E-state index in [-0.39, 0.29) is 11.1 Å². The average molecular weight is 460 g/mol. The van der Waals surface area contributed by atoms with Crippen LogP contribution in [0.3, 0.4) is 0 Å². The number of nitrogens with zero attached hydrogens (tertiary/aromatic N) is 1. The van der Waals surface area contributed by atoms with E-state index in [0.29, 0.717) is 5.56 Å². The summed E-state index contributed by atoms with van der Waals surface area (Å²) in [7, 11) is 0. The summed E-state index contributed by atoms with van der Waals surface area (Å²) in [5.74, 6) is -3.09. The molecule has 4 rings (SSSR count). The van der Waals surface area contributed by atoms with E-state index >= 15 is 0 Å². The molecule has 33 heavy (non-hydrogen) atoms. The van der Waals surface area contributed by atoms with Crippen LogP contribution in [0.15, 0.2) is 36.4 Å². The molecular weight excluding hydrogens is 433 g/mol. The van der Waals surface area contributed by atoms with Gasteiger partial charge in [0, 0.05) is 25.2 Å². The van der Waals surface area contributed by atoms with Gasteiger partial charge in [-0.15, -0.1) is 0 Å². The number of primary amides is 1. The highest BCUT2D eigenvalue weighted by Gasteiger charge is 2.42. The SMILES string of the molecule is NC(=O)c1cccc(-c2ccc3c(c2)CCN(CC2CCCCC2)C3)c1OC(=O)C(F)(F)F. The molecule has 1 saturated carbocycles. The Balaban J connectivity index is 1.59. The summed E-state index contributed by atoms with van der Waals surface area (Å²) in [6, 6.07) is 9.92. The summed E-state index contributed by atoms with van der Waals surface area (Å²) in [5.41, 5.74) is 8.13. The van der Waals surface area contributed by atoms with Crippen LogP contribution in [-0.2, 0) is 17.8 Å². The molecule has 0 radical (unpaired) electrons. The second-order valence-corrected chi connectivity index (χ2v) is 8.91. The average Bonchev–Trinajstić information content (AvgIpc) is 2.79. The van der Waals surface area contributed by atoms with Crippen molar-refractivity contribution in [1.82, 2.24) is 4.90 Å². The van der Waals surface area contributed by atoms with Gasteiger partial charge in [0.25, 0.3) is 5.91 Å². The third-order valence-electron chi connectivity index (χ3n) is 6.56. The number of esters is 1. The maximum absolute atomic E-state index is 12.8. The lowest BCUT2D eigenvalue weighted by atomic mass is 9.88. The van der Waals surface area contributed by atoms with Gasteiger partial charge >= 0.3 is 12.1 Å². The molecule has 1 amide bonds. The monoisotopic (exact) mass is 460 g/mol. The zero-order chi connectivity index (χ0) is 23.6. The Kier molecular flexibility index (Phi) is 6.74. The lowest BCUT2D eigenvalue weighted by molar-refractivity contribution is -0.189. The highest BCUT2D eigenvalue weighted by molar-refractivity contribution is 5.99. The normalized spacial score (nSPS) is 17.4. The molecular formula is C25H27F3N2O3. The molecule has 0 aromatic heterocycles. The predicted molar refractivity (Wildman–Crippen MR) is 118 cm³/mol. The van der Waals surface area contributed by atoms with Gasteiger partial charge in [-0.2, -0.15) is 13.2 Å². The van der Waals surface area contributed by atoms with E-state index in [2.05, 4.69) is 9.64 Å². The fourth-order valence-corrected chi connectivity index (χ4v) is 4.89. The van der Waals surface area contributed by atoms with Crippen LogP contribution in [0.4, 0.5) is 13.2 Å². The number of amides is 1. The Morgan fingerprint density at radius 3 is 2.52 bits per heavy atom. The molecule has 0 atom stereocenters.